The number of rotatable bonds is 4. The van der Waals surface area contributed by atoms with Crippen molar-refractivity contribution in [1.82, 2.24) is 5.32 Å². The Labute approximate surface area is 127 Å². The van der Waals surface area contributed by atoms with Gasteiger partial charge in [0.1, 0.15) is 5.60 Å². The SMILES string of the molecule is CC1OCCC1(O)CNC1CCCCC1c1ccccc1. The minimum Gasteiger partial charge on any atom is -0.386 e. The van der Waals surface area contributed by atoms with Gasteiger partial charge in [0.15, 0.2) is 0 Å². The Morgan fingerprint density at radius 3 is 2.71 bits per heavy atom. The predicted molar refractivity (Wildman–Crippen MR) is 84.4 cm³/mol. The lowest BCUT2D eigenvalue weighted by Gasteiger charge is -2.36. The normalized spacial score (nSPS) is 36.8. The molecule has 2 aliphatic rings. The van der Waals surface area contributed by atoms with Crippen molar-refractivity contribution in [3.63, 3.8) is 0 Å². The van der Waals surface area contributed by atoms with E-state index >= 15 is 0 Å². The Hall–Kier alpha value is -0.900. The van der Waals surface area contributed by atoms with Crippen LogP contribution in [0.4, 0.5) is 0 Å². The Morgan fingerprint density at radius 2 is 2.00 bits per heavy atom. The number of aliphatic hydroxyl groups is 1. The molecule has 116 valence electrons. The van der Waals surface area contributed by atoms with Crippen LogP contribution in [0.2, 0.25) is 0 Å². The van der Waals surface area contributed by atoms with Crippen molar-refractivity contribution in [2.24, 2.45) is 0 Å². The summed E-state index contributed by atoms with van der Waals surface area (Å²) in [4.78, 5) is 0. The van der Waals surface area contributed by atoms with E-state index in [1.165, 1.54) is 31.2 Å². The Morgan fingerprint density at radius 1 is 1.24 bits per heavy atom. The Bertz CT molecular complexity index is 450. The largest absolute Gasteiger partial charge is 0.386 e. The summed E-state index contributed by atoms with van der Waals surface area (Å²) in [5, 5.41) is 14.3. The van der Waals surface area contributed by atoms with Gasteiger partial charge in [0.05, 0.1) is 6.10 Å². The fraction of sp³-hybridized carbons (Fsp3) is 0.667. The second kappa shape index (κ2) is 6.47. The molecule has 2 fully saturated rings. The zero-order valence-corrected chi connectivity index (χ0v) is 12.9. The standard InChI is InChI=1S/C18H27NO2/c1-14-18(20,11-12-21-14)13-19-17-10-6-5-9-16(17)15-7-3-2-4-8-15/h2-4,7-8,14,16-17,19-20H,5-6,9-13H2,1H3. The number of ether oxygens (including phenoxy) is 1. The zero-order valence-electron chi connectivity index (χ0n) is 12.9. The van der Waals surface area contributed by atoms with Gasteiger partial charge in [-0.25, -0.2) is 0 Å². The van der Waals surface area contributed by atoms with Crippen LogP contribution in [-0.2, 0) is 4.74 Å². The quantitative estimate of drug-likeness (QED) is 0.895. The van der Waals surface area contributed by atoms with Crippen LogP contribution in [0.25, 0.3) is 0 Å². The number of hydrogen-bond acceptors (Lipinski definition) is 3. The maximum atomic E-state index is 10.7. The Balaban J connectivity index is 1.65. The first kappa shape index (κ1) is 15.0. The molecular formula is C18H27NO2. The summed E-state index contributed by atoms with van der Waals surface area (Å²) in [6, 6.07) is 11.3. The second-order valence-electron chi connectivity index (χ2n) is 6.66. The summed E-state index contributed by atoms with van der Waals surface area (Å²) in [5.74, 6) is 0.571. The number of nitrogens with one attached hydrogen (secondary N) is 1. The molecule has 4 atom stereocenters. The maximum Gasteiger partial charge on any atom is 0.105 e. The number of hydrogen-bond donors (Lipinski definition) is 2. The van der Waals surface area contributed by atoms with Crippen LogP contribution in [0.15, 0.2) is 30.3 Å². The summed E-state index contributed by atoms with van der Waals surface area (Å²) in [7, 11) is 0. The molecule has 0 amide bonds. The molecule has 0 radical (unpaired) electrons. The fourth-order valence-electron chi connectivity index (χ4n) is 3.79. The van der Waals surface area contributed by atoms with Gasteiger partial charge in [0, 0.05) is 25.6 Å². The van der Waals surface area contributed by atoms with Gasteiger partial charge in [-0.3, -0.25) is 0 Å². The molecule has 1 heterocycles. The molecule has 1 aliphatic carbocycles. The second-order valence-corrected chi connectivity index (χ2v) is 6.66. The monoisotopic (exact) mass is 289 g/mol. The van der Waals surface area contributed by atoms with E-state index in [0.29, 0.717) is 25.1 Å². The van der Waals surface area contributed by atoms with E-state index in [1.54, 1.807) is 0 Å². The van der Waals surface area contributed by atoms with E-state index in [4.69, 9.17) is 4.74 Å². The van der Waals surface area contributed by atoms with Crippen molar-refractivity contribution in [3.8, 4) is 0 Å². The molecule has 0 aromatic heterocycles. The van der Waals surface area contributed by atoms with Gasteiger partial charge in [-0.1, -0.05) is 43.2 Å². The lowest BCUT2D eigenvalue weighted by Crippen LogP contribution is -2.50. The van der Waals surface area contributed by atoms with Crippen molar-refractivity contribution in [2.75, 3.05) is 13.2 Å². The van der Waals surface area contributed by atoms with Crippen LogP contribution in [0, 0.1) is 0 Å². The van der Waals surface area contributed by atoms with Crippen LogP contribution in [0.3, 0.4) is 0 Å². The molecule has 1 saturated heterocycles. The van der Waals surface area contributed by atoms with Crippen LogP contribution in [-0.4, -0.2) is 36.0 Å². The summed E-state index contributed by atoms with van der Waals surface area (Å²) in [6.45, 7) is 3.29. The highest BCUT2D eigenvalue weighted by molar-refractivity contribution is 5.22. The highest BCUT2D eigenvalue weighted by Gasteiger charge is 2.40. The molecular weight excluding hydrogens is 262 g/mol. The predicted octanol–water partition coefficient (Wildman–Crippen LogP) is 2.84. The van der Waals surface area contributed by atoms with Crippen molar-refractivity contribution in [2.45, 2.75) is 62.7 Å². The first-order chi connectivity index (χ1) is 10.2. The third kappa shape index (κ3) is 3.31. The summed E-state index contributed by atoms with van der Waals surface area (Å²) >= 11 is 0. The van der Waals surface area contributed by atoms with Gasteiger partial charge in [0.25, 0.3) is 0 Å². The lowest BCUT2D eigenvalue weighted by molar-refractivity contribution is -0.0286. The van der Waals surface area contributed by atoms with E-state index in [9.17, 15) is 5.11 Å². The average Bonchev–Trinajstić information content (AvgIpc) is 2.86. The Kier molecular flexibility index (Phi) is 4.63. The van der Waals surface area contributed by atoms with Crippen LogP contribution < -0.4 is 5.32 Å². The molecule has 3 heteroatoms. The topological polar surface area (TPSA) is 41.5 Å². The molecule has 0 spiro atoms. The van der Waals surface area contributed by atoms with Gasteiger partial charge in [-0.05, 0) is 31.2 Å². The van der Waals surface area contributed by atoms with Gasteiger partial charge in [0.2, 0.25) is 0 Å². The smallest absolute Gasteiger partial charge is 0.105 e. The minimum atomic E-state index is -0.696. The molecule has 3 nitrogen and oxygen atoms in total. The third-order valence-electron chi connectivity index (χ3n) is 5.32. The van der Waals surface area contributed by atoms with Gasteiger partial charge < -0.3 is 15.2 Å². The van der Waals surface area contributed by atoms with Crippen molar-refractivity contribution in [1.29, 1.82) is 0 Å². The van der Waals surface area contributed by atoms with Crippen molar-refractivity contribution >= 4 is 0 Å². The van der Waals surface area contributed by atoms with Crippen LogP contribution in [0.5, 0.6) is 0 Å². The summed E-state index contributed by atoms with van der Waals surface area (Å²) in [6.07, 6.45) is 5.71. The van der Waals surface area contributed by atoms with Gasteiger partial charge in [-0.2, -0.15) is 0 Å². The molecule has 4 unspecified atom stereocenters. The highest BCUT2D eigenvalue weighted by atomic mass is 16.5. The molecule has 2 N–H and O–H groups in total. The fourth-order valence-corrected chi connectivity index (χ4v) is 3.79. The summed E-state index contributed by atoms with van der Waals surface area (Å²) in [5.41, 5.74) is 0.732. The molecule has 1 aromatic rings. The van der Waals surface area contributed by atoms with Crippen molar-refractivity contribution in [3.05, 3.63) is 35.9 Å². The van der Waals surface area contributed by atoms with E-state index in [0.717, 1.165) is 6.42 Å². The van der Waals surface area contributed by atoms with Crippen LogP contribution >= 0.6 is 0 Å². The van der Waals surface area contributed by atoms with E-state index in [1.807, 2.05) is 6.92 Å². The van der Waals surface area contributed by atoms with E-state index in [2.05, 4.69) is 35.6 Å². The van der Waals surface area contributed by atoms with E-state index in [-0.39, 0.29) is 6.10 Å². The summed E-state index contributed by atoms with van der Waals surface area (Å²) < 4.78 is 5.53. The average molecular weight is 289 g/mol. The first-order valence-electron chi connectivity index (χ1n) is 8.31. The molecule has 3 rings (SSSR count). The molecule has 21 heavy (non-hydrogen) atoms. The maximum absolute atomic E-state index is 10.7. The van der Waals surface area contributed by atoms with Crippen molar-refractivity contribution < 1.29 is 9.84 Å². The minimum absolute atomic E-state index is 0.0660. The molecule has 1 saturated carbocycles. The highest BCUT2D eigenvalue weighted by Crippen LogP contribution is 2.34. The lowest BCUT2D eigenvalue weighted by atomic mass is 9.79. The molecule has 1 aliphatic heterocycles. The number of benzene rings is 1. The van der Waals surface area contributed by atoms with Gasteiger partial charge >= 0.3 is 0 Å². The molecule has 0 bridgehead atoms. The third-order valence-corrected chi connectivity index (χ3v) is 5.32. The van der Waals surface area contributed by atoms with Gasteiger partial charge in [-0.15, -0.1) is 0 Å². The van der Waals surface area contributed by atoms with Crippen LogP contribution in [0.1, 0.15) is 50.5 Å². The molecule has 1 aromatic carbocycles. The first-order valence-corrected chi connectivity index (χ1v) is 8.31. The van der Waals surface area contributed by atoms with E-state index < -0.39 is 5.60 Å². The zero-order chi connectivity index (χ0) is 14.7.